The van der Waals surface area contributed by atoms with Gasteiger partial charge in [0.25, 0.3) is 0 Å². The molecule has 0 spiro atoms. The van der Waals surface area contributed by atoms with Crippen LogP contribution in [0.4, 0.5) is 0 Å². The molecule has 1 atom stereocenters. The molecule has 86 valence electrons. The molecular formula is C11H18BrNOS. The zero-order chi connectivity index (χ0) is 11.3. The number of nitrogens with one attached hydrogen (secondary N) is 1. The number of halogens is 1. The van der Waals surface area contributed by atoms with E-state index >= 15 is 0 Å². The molecule has 1 aromatic rings. The highest BCUT2D eigenvalue weighted by Crippen LogP contribution is 2.23. The number of thiophene rings is 1. The van der Waals surface area contributed by atoms with Crippen LogP contribution < -0.4 is 5.32 Å². The van der Waals surface area contributed by atoms with Gasteiger partial charge in [0, 0.05) is 30.0 Å². The van der Waals surface area contributed by atoms with Crippen LogP contribution in [0.2, 0.25) is 0 Å². The number of rotatable bonds is 6. The van der Waals surface area contributed by atoms with Gasteiger partial charge in [0.1, 0.15) is 0 Å². The van der Waals surface area contributed by atoms with Crippen LogP contribution in [0.5, 0.6) is 0 Å². The van der Waals surface area contributed by atoms with E-state index in [1.807, 2.05) is 0 Å². The summed E-state index contributed by atoms with van der Waals surface area (Å²) in [5.41, 5.74) is 0.00842. The van der Waals surface area contributed by atoms with Crippen molar-refractivity contribution in [1.29, 1.82) is 0 Å². The molecule has 1 rings (SSSR count). The molecule has 0 saturated carbocycles. The molecule has 4 heteroatoms. The van der Waals surface area contributed by atoms with Crippen LogP contribution in [-0.2, 0) is 6.54 Å². The van der Waals surface area contributed by atoms with E-state index in [-0.39, 0.29) is 12.0 Å². The maximum absolute atomic E-state index is 9.24. The third-order valence-corrected chi connectivity index (χ3v) is 4.34. The first kappa shape index (κ1) is 13.2. The summed E-state index contributed by atoms with van der Waals surface area (Å²) in [5.74, 6) is 0. The number of aliphatic hydroxyl groups is 1. The first-order chi connectivity index (χ1) is 7.09. The highest BCUT2D eigenvalue weighted by atomic mass is 79.9. The van der Waals surface area contributed by atoms with Crippen molar-refractivity contribution in [2.24, 2.45) is 5.41 Å². The molecule has 0 aliphatic rings. The monoisotopic (exact) mass is 291 g/mol. The molecule has 0 aliphatic heterocycles. The molecule has 0 radical (unpaired) electrons. The zero-order valence-electron chi connectivity index (χ0n) is 9.22. The molecule has 0 aliphatic carbocycles. The van der Waals surface area contributed by atoms with Crippen LogP contribution in [0.3, 0.4) is 0 Å². The molecule has 0 amide bonds. The summed E-state index contributed by atoms with van der Waals surface area (Å²) < 4.78 is 1.17. The SMILES string of the molecule is CCC(C)(CO)CNCc1ccc(Br)s1. The van der Waals surface area contributed by atoms with Crippen LogP contribution in [0.25, 0.3) is 0 Å². The van der Waals surface area contributed by atoms with Gasteiger partial charge in [0.2, 0.25) is 0 Å². The largest absolute Gasteiger partial charge is 0.396 e. The number of aliphatic hydroxyl groups excluding tert-OH is 1. The lowest BCUT2D eigenvalue weighted by Gasteiger charge is -2.25. The Balaban J connectivity index is 2.32. The summed E-state index contributed by atoms with van der Waals surface area (Å²) >= 11 is 5.19. The van der Waals surface area contributed by atoms with E-state index < -0.39 is 0 Å². The average Bonchev–Trinajstić information content (AvgIpc) is 2.64. The number of hydrogen-bond acceptors (Lipinski definition) is 3. The lowest BCUT2D eigenvalue weighted by Crippen LogP contribution is -2.33. The van der Waals surface area contributed by atoms with Crippen LogP contribution in [0, 0.1) is 5.41 Å². The van der Waals surface area contributed by atoms with Gasteiger partial charge in [-0.05, 0) is 34.5 Å². The summed E-state index contributed by atoms with van der Waals surface area (Å²) in [6, 6.07) is 4.18. The molecule has 0 saturated heterocycles. The summed E-state index contributed by atoms with van der Waals surface area (Å²) in [5, 5.41) is 12.6. The van der Waals surface area contributed by atoms with Gasteiger partial charge in [-0.2, -0.15) is 0 Å². The fraction of sp³-hybridized carbons (Fsp3) is 0.636. The normalized spacial score (nSPS) is 15.2. The maximum Gasteiger partial charge on any atom is 0.0701 e. The van der Waals surface area contributed by atoms with Crippen molar-refractivity contribution >= 4 is 27.3 Å². The fourth-order valence-electron chi connectivity index (χ4n) is 1.23. The Morgan fingerprint density at radius 2 is 2.27 bits per heavy atom. The molecule has 2 nitrogen and oxygen atoms in total. The fourth-order valence-corrected chi connectivity index (χ4v) is 2.68. The molecule has 0 fully saturated rings. The van der Waals surface area contributed by atoms with Gasteiger partial charge in [-0.15, -0.1) is 11.3 Å². The van der Waals surface area contributed by atoms with Crippen LogP contribution in [0.15, 0.2) is 15.9 Å². The summed E-state index contributed by atoms with van der Waals surface area (Å²) in [6.07, 6.45) is 0.991. The van der Waals surface area contributed by atoms with Crippen molar-refractivity contribution in [2.45, 2.75) is 26.8 Å². The van der Waals surface area contributed by atoms with E-state index in [2.05, 4.69) is 47.2 Å². The smallest absolute Gasteiger partial charge is 0.0701 e. The van der Waals surface area contributed by atoms with Crippen LogP contribution in [-0.4, -0.2) is 18.3 Å². The van der Waals surface area contributed by atoms with Crippen molar-refractivity contribution in [3.8, 4) is 0 Å². The Bertz CT molecular complexity index is 297. The second-order valence-corrected chi connectivity index (χ2v) is 6.68. The van der Waals surface area contributed by atoms with Gasteiger partial charge in [-0.3, -0.25) is 0 Å². The Morgan fingerprint density at radius 3 is 2.73 bits per heavy atom. The molecule has 0 bridgehead atoms. The molecule has 1 aromatic heterocycles. The minimum Gasteiger partial charge on any atom is -0.396 e. The van der Waals surface area contributed by atoms with E-state index in [1.165, 1.54) is 8.66 Å². The predicted molar refractivity (Wildman–Crippen MR) is 69.2 cm³/mol. The third-order valence-electron chi connectivity index (χ3n) is 2.72. The Labute approximate surface area is 104 Å². The lowest BCUT2D eigenvalue weighted by atomic mass is 9.89. The van der Waals surface area contributed by atoms with Crippen molar-refractivity contribution in [1.82, 2.24) is 5.32 Å². The van der Waals surface area contributed by atoms with Crippen molar-refractivity contribution < 1.29 is 5.11 Å². The Morgan fingerprint density at radius 1 is 1.53 bits per heavy atom. The number of hydrogen-bond donors (Lipinski definition) is 2. The van der Waals surface area contributed by atoms with Gasteiger partial charge in [0.05, 0.1) is 3.79 Å². The summed E-state index contributed by atoms with van der Waals surface area (Å²) in [7, 11) is 0. The van der Waals surface area contributed by atoms with Gasteiger partial charge in [0.15, 0.2) is 0 Å². The highest BCUT2D eigenvalue weighted by Gasteiger charge is 2.20. The van der Waals surface area contributed by atoms with E-state index in [4.69, 9.17) is 0 Å². The van der Waals surface area contributed by atoms with Crippen molar-refractivity contribution in [2.75, 3.05) is 13.2 Å². The maximum atomic E-state index is 9.24. The highest BCUT2D eigenvalue weighted by molar-refractivity contribution is 9.11. The Hall–Kier alpha value is 0.1000. The topological polar surface area (TPSA) is 32.3 Å². The zero-order valence-corrected chi connectivity index (χ0v) is 11.6. The molecular weight excluding hydrogens is 274 g/mol. The van der Waals surface area contributed by atoms with Gasteiger partial charge in [-0.1, -0.05) is 13.8 Å². The first-order valence-electron chi connectivity index (χ1n) is 5.15. The first-order valence-corrected chi connectivity index (χ1v) is 6.76. The second kappa shape index (κ2) is 5.99. The minimum atomic E-state index is 0.00842. The predicted octanol–water partition coefficient (Wildman–Crippen LogP) is 3.01. The quantitative estimate of drug-likeness (QED) is 0.844. The van der Waals surface area contributed by atoms with Crippen LogP contribution >= 0.6 is 27.3 Å². The molecule has 1 unspecified atom stereocenters. The minimum absolute atomic E-state index is 0.00842. The summed E-state index contributed by atoms with van der Waals surface area (Å²) in [6.45, 7) is 6.19. The van der Waals surface area contributed by atoms with E-state index in [1.54, 1.807) is 11.3 Å². The lowest BCUT2D eigenvalue weighted by molar-refractivity contribution is 0.135. The molecule has 0 aromatic carbocycles. The molecule has 15 heavy (non-hydrogen) atoms. The van der Waals surface area contributed by atoms with Crippen molar-refractivity contribution in [3.63, 3.8) is 0 Å². The third kappa shape index (κ3) is 4.23. The second-order valence-electron chi connectivity index (χ2n) is 4.13. The van der Waals surface area contributed by atoms with Crippen molar-refractivity contribution in [3.05, 3.63) is 20.8 Å². The van der Waals surface area contributed by atoms with Gasteiger partial charge >= 0.3 is 0 Å². The Kier molecular flexibility index (Phi) is 5.26. The van der Waals surface area contributed by atoms with Crippen LogP contribution in [0.1, 0.15) is 25.1 Å². The molecule has 1 heterocycles. The standard InChI is InChI=1S/C11H18BrNOS/c1-3-11(2,8-14)7-13-6-9-4-5-10(12)15-9/h4-5,13-14H,3,6-8H2,1-2H3. The molecule has 2 N–H and O–H groups in total. The average molecular weight is 292 g/mol. The van der Waals surface area contributed by atoms with E-state index in [9.17, 15) is 5.11 Å². The summed E-state index contributed by atoms with van der Waals surface area (Å²) in [4.78, 5) is 1.32. The van der Waals surface area contributed by atoms with E-state index in [0.717, 1.165) is 19.5 Å². The van der Waals surface area contributed by atoms with Gasteiger partial charge in [-0.25, -0.2) is 0 Å². The van der Waals surface area contributed by atoms with Gasteiger partial charge < -0.3 is 10.4 Å². The van der Waals surface area contributed by atoms with E-state index in [0.29, 0.717) is 0 Å².